The first-order valence-electron chi connectivity index (χ1n) is 9.45. The van der Waals surface area contributed by atoms with Gasteiger partial charge in [0.15, 0.2) is 11.5 Å². The molecule has 0 bridgehead atoms. The van der Waals surface area contributed by atoms with Crippen molar-refractivity contribution < 1.29 is 19.0 Å². The summed E-state index contributed by atoms with van der Waals surface area (Å²) in [6, 6.07) is 8.70. The van der Waals surface area contributed by atoms with E-state index in [9.17, 15) is 4.79 Å². The lowest BCUT2D eigenvalue weighted by molar-refractivity contribution is 0.0954. The first-order chi connectivity index (χ1) is 14.5. The number of amides is 1. The molecule has 6 nitrogen and oxygen atoms in total. The molecule has 0 spiro atoms. The van der Waals surface area contributed by atoms with Gasteiger partial charge in [-0.25, -0.2) is 5.43 Å². The molecule has 2 aromatic rings. The summed E-state index contributed by atoms with van der Waals surface area (Å²) in [6.45, 7) is 8.97. The molecule has 8 heteroatoms. The summed E-state index contributed by atoms with van der Waals surface area (Å²) < 4.78 is 18.4. The van der Waals surface area contributed by atoms with E-state index in [1.54, 1.807) is 30.5 Å². The lowest BCUT2D eigenvalue weighted by Gasteiger charge is -2.12. The predicted molar refractivity (Wildman–Crippen MR) is 126 cm³/mol. The van der Waals surface area contributed by atoms with Gasteiger partial charge in [-0.05, 0) is 81.1 Å². The van der Waals surface area contributed by atoms with Crippen molar-refractivity contribution in [3.8, 4) is 17.2 Å². The van der Waals surface area contributed by atoms with E-state index < -0.39 is 0 Å². The Labute approximate surface area is 193 Å². The highest BCUT2D eigenvalue weighted by molar-refractivity contribution is 9.11. The smallest absolute Gasteiger partial charge is 0.271 e. The number of nitrogens with one attached hydrogen (secondary N) is 1. The second-order valence-corrected chi connectivity index (χ2v) is 7.76. The molecule has 0 radical (unpaired) electrons. The lowest BCUT2D eigenvalue weighted by atomic mass is 10.2. The standard InChI is InChI=1S/C22H24Br2N2O4/c1-4-9-29-19-8-7-16(13-20(19)28-6-3)22(27)26-25-14-15-11-17(23)21(18(24)12-15)30-10-5-2/h4,7-8,11-14H,1,5-6,9-10H2,2-3H3,(H,26,27)/b25-14+. The van der Waals surface area contributed by atoms with Gasteiger partial charge in [-0.1, -0.05) is 19.6 Å². The molecule has 0 saturated carbocycles. The van der Waals surface area contributed by atoms with E-state index in [0.29, 0.717) is 36.9 Å². The Hall–Kier alpha value is -2.32. The van der Waals surface area contributed by atoms with Crippen molar-refractivity contribution in [3.63, 3.8) is 0 Å². The van der Waals surface area contributed by atoms with E-state index in [0.717, 1.165) is 26.7 Å². The molecular weight excluding hydrogens is 516 g/mol. The molecule has 30 heavy (non-hydrogen) atoms. The number of hydrazone groups is 1. The average molecular weight is 540 g/mol. The first-order valence-corrected chi connectivity index (χ1v) is 11.0. The van der Waals surface area contributed by atoms with Crippen molar-refractivity contribution in [2.24, 2.45) is 5.10 Å². The van der Waals surface area contributed by atoms with Crippen LogP contribution < -0.4 is 19.6 Å². The zero-order valence-electron chi connectivity index (χ0n) is 16.9. The molecule has 2 rings (SSSR count). The summed E-state index contributed by atoms with van der Waals surface area (Å²) >= 11 is 6.99. The third-order valence-electron chi connectivity index (χ3n) is 3.71. The number of rotatable bonds is 11. The number of hydrogen-bond acceptors (Lipinski definition) is 5. The minimum Gasteiger partial charge on any atom is -0.491 e. The molecule has 1 N–H and O–H groups in total. The molecule has 1 amide bonds. The number of nitrogens with zero attached hydrogens (tertiary/aromatic N) is 1. The summed E-state index contributed by atoms with van der Waals surface area (Å²) in [7, 11) is 0. The maximum Gasteiger partial charge on any atom is 0.271 e. The number of benzene rings is 2. The maximum atomic E-state index is 12.4. The topological polar surface area (TPSA) is 69.2 Å². The summed E-state index contributed by atoms with van der Waals surface area (Å²) in [5, 5.41) is 4.05. The van der Waals surface area contributed by atoms with Gasteiger partial charge in [0.25, 0.3) is 5.91 Å². The Bertz CT molecular complexity index is 893. The SMILES string of the molecule is C=CCOc1ccc(C(=O)N/N=C/c2cc(Br)c(OCCC)c(Br)c2)cc1OCC. The van der Waals surface area contributed by atoms with Crippen molar-refractivity contribution in [2.45, 2.75) is 20.3 Å². The highest BCUT2D eigenvalue weighted by Crippen LogP contribution is 2.34. The van der Waals surface area contributed by atoms with Gasteiger partial charge < -0.3 is 14.2 Å². The summed E-state index contributed by atoms with van der Waals surface area (Å²) in [5.41, 5.74) is 3.73. The maximum absolute atomic E-state index is 12.4. The highest BCUT2D eigenvalue weighted by Gasteiger charge is 2.12. The van der Waals surface area contributed by atoms with Crippen LogP contribution in [0.1, 0.15) is 36.2 Å². The van der Waals surface area contributed by atoms with Crippen LogP contribution in [0.2, 0.25) is 0 Å². The van der Waals surface area contributed by atoms with Crippen molar-refractivity contribution >= 4 is 44.0 Å². The largest absolute Gasteiger partial charge is 0.491 e. The second kappa shape index (κ2) is 12.4. The van der Waals surface area contributed by atoms with Crippen LogP contribution in [0.4, 0.5) is 0 Å². The first kappa shape index (κ1) is 24.0. The molecule has 0 saturated heterocycles. The Kier molecular flexibility index (Phi) is 9.89. The van der Waals surface area contributed by atoms with Crippen LogP contribution in [-0.4, -0.2) is 31.9 Å². The van der Waals surface area contributed by atoms with Crippen LogP contribution in [0.5, 0.6) is 17.2 Å². The quantitative estimate of drug-likeness (QED) is 0.225. The molecule has 0 aliphatic heterocycles. The zero-order valence-corrected chi connectivity index (χ0v) is 20.1. The third-order valence-corrected chi connectivity index (χ3v) is 4.89. The number of carbonyl (C=O) groups excluding carboxylic acids is 1. The molecular formula is C22H24Br2N2O4. The molecule has 0 heterocycles. The van der Waals surface area contributed by atoms with Crippen LogP contribution in [0.25, 0.3) is 0 Å². The molecule has 0 aliphatic rings. The highest BCUT2D eigenvalue weighted by atomic mass is 79.9. The Morgan fingerprint density at radius 1 is 1.10 bits per heavy atom. The van der Waals surface area contributed by atoms with Gasteiger partial charge in [0.05, 0.1) is 28.4 Å². The Morgan fingerprint density at radius 2 is 1.83 bits per heavy atom. The molecule has 0 atom stereocenters. The fraction of sp³-hybridized carbons (Fsp3) is 0.273. The number of hydrogen-bond donors (Lipinski definition) is 1. The number of ether oxygens (including phenoxy) is 3. The summed E-state index contributed by atoms with van der Waals surface area (Å²) in [6.07, 6.45) is 4.12. The third kappa shape index (κ3) is 6.88. The molecule has 0 aliphatic carbocycles. The minimum absolute atomic E-state index is 0.351. The van der Waals surface area contributed by atoms with Gasteiger partial charge in [0.1, 0.15) is 12.4 Å². The fourth-order valence-corrected chi connectivity index (χ4v) is 3.86. The average Bonchev–Trinajstić information content (AvgIpc) is 2.72. The molecule has 160 valence electrons. The van der Waals surface area contributed by atoms with Crippen LogP contribution in [-0.2, 0) is 0 Å². The van der Waals surface area contributed by atoms with E-state index in [2.05, 4.69) is 49.0 Å². The van der Waals surface area contributed by atoms with E-state index >= 15 is 0 Å². The summed E-state index contributed by atoms with van der Waals surface area (Å²) in [4.78, 5) is 12.4. The summed E-state index contributed by atoms with van der Waals surface area (Å²) in [5.74, 6) is 1.42. The van der Waals surface area contributed by atoms with Crippen LogP contribution in [0, 0.1) is 0 Å². The monoisotopic (exact) mass is 538 g/mol. The van der Waals surface area contributed by atoms with E-state index in [1.165, 1.54) is 0 Å². The molecule has 0 aromatic heterocycles. The zero-order chi connectivity index (χ0) is 21.9. The van der Waals surface area contributed by atoms with Gasteiger partial charge in [-0.2, -0.15) is 5.10 Å². The fourth-order valence-electron chi connectivity index (χ4n) is 2.41. The molecule has 2 aromatic carbocycles. The van der Waals surface area contributed by atoms with Crippen molar-refractivity contribution in [3.05, 3.63) is 63.1 Å². The normalized spacial score (nSPS) is 10.7. The van der Waals surface area contributed by atoms with Crippen LogP contribution >= 0.6 is 31.9 Å². The van der Waals surface area contributed by atoms with Gasteiger partial charge in [0.2, 0.25) is 0 Å². The van der Waals surface area contributed by atoms with Crippen LogP contribution in [0.3, 0.4) is 0 Å². The van der Waals surface area contributed by atoms with E-state index in [4.69, 9.17) is 14.2 Å². The van der Waals surface area contributed by atoms with Crippen LogP contribution in [0.15, 0.2) is 57.0 Å². The predicted octanol–water partition coefficient (Wildman–Crippen LogP) is 5.73. The number of halogens is 2. The minimum atomic E-state index is -0.358. The van der Waals surface area contributed by atoms with Crippen molar-refractivity contribution in [1.82, 2.24) is 5.43 Å². The Balaban J connectivity index is 2.08. The molecule has 0 fully saturated rings. The van der Waals surface area contributed by atoms with E-state index in [1.807, 2.05) is 26.0 Å². The molecule has 0 unspecified atom stereocenters. The van der Waals surface area contributed by atoms with Gasteiger partial charge in [0, 0.05) is 5.56 Å². The van der Waals surface area contributed by atoms with E-state index in [-0.39, 0.29) is 5.91 Å². The van der Waals surface area contributed by atoms with Gasteiger partial charge in [-0.3, -0.25) is 4.79 Å². The second-order valence-electron chi connectivity index (χ2n) is 6.06. The number of carbonyl (C=O) groups is 1. The van der Waals surface area contributed by atoms with Gasteiger partial charge in [-0.15, -0.1) is 0 Å². The Morgan fingerprint density at radius 3 is 2.47 bits per heavy atom. The lowest BCUT2D eigenvalue weighted by Crippen LogP contribution is -2.17. The van der Waals surface area contributed by atoms with Crippen molar-refractivity contribution in [1.29, 1.82) is 0 Å². The van der Waals surface area contributed by atoms with Crippen molar-refractivity contribution in [2.75, 3.05) is 19.8 Å². The van der Waals surface area contributed by atoms with Gasteiger partial charge >= 0.3 is 0 Å².